The van der Waals surface area contributed by atoms with E-state index < -0.39 is 0 Å². The molecule has 4 atom stereocenters. The van der Waals surface area contributed by atoms with Crippen molar-refractivity contribution in [3.8, 4) is 0 Å². The molecule has 2 aliphatic heterocycles. The first-order valence-electron chi connectivity index (χ1n) is 9.54. The molecule has 2 heterocycles. The maximum atomic E-state index is 12.7. The van der Waals surface area contributed by atoms with Crippen molar-refractivity contribution >= 4 is 11.8 Å². The molecular weight excluding hydrogens is 290 g/mol. The summed E-state index contributed by atoms with van der Waals surface area (Å²) in [6.45, 7) is 3.43. The Morgan fingerprint density at radius 1 is 1.04 bits per heavy atom. The molecule has 4 rings (SSSR count). The van der Waals surface area contributed by atoms with Crippen LogP contribution in [0.4, 0.5) is 0 Å². The number of hydrogen-bond acceptors (Lipinski definition) is 3. The smallest absolute Gasteiger partial charge is 0.237 e. The minimum Gasteiger partial charge on any atom is -0.354 e. The van der Waals surface area contributed by atoms with E-state index in [1.54, 1.807) is 0 Å². The van der Waals surface area contributed by atoms with E-state index in [1.807, 2.05) is 0 Å². The van der Waals surface area contributed by atoms with Crippen LogP contribution >= 0.6 is 0 Å². The van der Waals surface area contributed by atoms with E-state index in [-0.39, 0.29) is 11.9 Å². The molecule has 4 unspecified atom stereocenters. The number of carbonyl (C=O) groups is 2. The van der Waals surface area contributed by atoms with Crippen molar-refractivity contribution in [3.05, 3.63) is 0 Å². The number of carbonyl (C=O) groups excluding carboxylic acids is 2. The molecule has 2 aliphatic carbocycles. The predicted octanol–water partition coefficient (Wildman–Crippen LogP) is 1.14. The summed E-state index contributed by atoms with van der Waals surface area (Å²) in [5, 5.41) is 6.34. The third-order valence-corrected chi connectivity index (χ3v) is 6.46. The normalized spacial score (nSPS) is 39.1. The second-order valence-corrected chi connectivity index (χ2v) is 7.97. The summed E-state index contributed by atoms with van der Waals surface area (Å²) < 4.78 is 0. The molecule has 2 saturated carbocycles. The second kappa shape index (κ2) is 6.42. The SMILES string of the molecule is O=C(NCC1CCCN(C(=O)C2C3CCCC32)C1)C1CCCN1. The molecule has 0 bridgehead atoms. The Morgan fingerprint density at radius 3 is 2.61 bits per heavy atom. The van der Waals surface area contributed by atoms with Crippen molar-refractivity contribution in [3.63, 3.8) is 0 Å². The number of piperidine rings is 1. The van der Waals surface area contributed by atoms with Gasteiger partial charge in [0.2, 0.25) is 11.8 Å². The monoisotopic (exact) mass is 319 g/mol. The average Bonchev–Trinajstić information content (AvgIpc) is 3.01. The zero-order chi connectivity index (χ0) is 15.8. The fourth-order valence-electron chi connectivity index (χ4n) is 5.11. The van der Waals surface area contributed by atoms with Crippen molar-refractivity contribution in [2.45, 2.75) is 51.0 Å². The fourth-order valence-corrected chi connectivity index (χ4v) is 5.11. The van der Waals surface area contributed by atoms with E-state index in [9.17, 15) is 9.59 Å². The van der Waals surface area contributed by atoms with Crippen molar-refractivity contribution in [1.29, 1.82) is 0 Å². The van der Waals surface area contributed by atoms with Gasteiger partial charge in [-0.05, 0) is 62.8 Å². The molecule has 0 aromatic carbocycles. The molecule has 5 heteroatoms. The van der Waals surface area contributed by atoms with Crippen LogP contribution in [-0.4, -0.2) is 48.9 Å². The first-order chi connectivity index (χ1) is 11.2. The van der Waals surface area contributed by atoms with Crippen LogP contribution in [0, 0.1) is 23.7 Å². The molecule has 2 saturated heterocycles. The molecule has 2 N–H and O–H groups in total. The maximum absolute atomic E-state index is 12.7. The van der Waals surface area contributed by atoms with E-state index in [2.05, 4.69) is 15.5 Å². The summed E-state index contributed by atoms with van der Waals surface area (Å²) in [5.74, 6) is 2.74. The number of nitrogens with zero attached hydrogens (tertiary/aromatic N) is 1. The van der Waals surface area contributed by atoms with Crippen LogP contribution in [0.15, 0.2) is 0 Å². The highest BCUT2D eigenvalue weighted by molar-refractivity contribution is 5.83. The Bertz CT molecular complexity index is 465. The number of likely N-dealkylation sites (tertiary alicyclic amines) is 1. The van der Waals surface area contributed by atoms with Gasteiger partial charge in [0.15, 0.2) is 0 Å². The number of hydrogen-bond donors (Lipinski definition) is 2. The van der Waals surface area contributed by atoms with Crippen LogP contribution in [-0.2, 0) is 9.59 Å². The highest BCUT2D eigenvalue weighted by atomic mass is 16.2. The summed E-state index contributed by atoms with van der Waals surface area (Å²) in [4.78, 5) is 26.9. The lowest BCUT2D eigenvalue weighted by Gasteiger charge is -2.33. The molecule has 23 heavy (non-hydrogen) atoms. The predicted molar refractivity (Wildman–Crippen MR) is 87.7 cm³/mol. The highest BCUT2D eigenvalue weighted by Gasteiger charge is 2.57. The van der Waals surface area contributed by atoms with Crippen LogP contribution < -0.4 is 10.6 Å². The Hall–Kier alpha value is -1.10. The van der Waals surface area contributed by atoms with E-state index in [4.69, 9.17) is 0 Å². The second-order valence-electron chi connectivity index (χ2n) is 7.97. The molecular formula is C18H29N3O2. The lowest BCUT2D eigenvalue weighted by Crippen LogP contribution is -2.47. The average molecular weight is 319 g/mol. The van der Waals surface area contributed by atoms with Gasteiger partial charge in [0.05, 0.1) is 6.04 Å². The lowest BCUT2D eigenvalue weighted by atomic mass is 9.97. The van der Waals surface area contributed by atoms with Gasteiger partial charge in [-0.25, -0.2) is 0 Å². The highest BCUT2D eigenvalue weighted by Crippen LogP contribution is 2.58. The standard InChI is InChI=1S/C18H29N3O2/c22-17(15-7-2-8-19-15)20-10-12-4-3-9-21(11-12)18(23)16-13-5-1-6-14(13)16/h12-16,19H,1-11H2,(H,20,22). The van der Waals surface area contributed by atoms with Crippen LogP contribution in [0.3, 0.4) is 0 Å². The Labute approximate surface area is 138 Å². The first-order valence-corrected chi connectivity index (χ1v) is 9.54. The molecule has 0 spiro atoms. The lowest BCUT2D eigenvalue weighted by molar-refractivity contribution is -0.135. The van der Waals surface area contributed by atoms with Crippen LogP contribution in [0.2, 0.25) is 0 Å². The van der Waals surface area contributed by atoms with E-state index >= 15 is 0 Å². The largest absolute Gasteiger partial charge is 0.354 e. The van der Waals surface area contributed by atoms with Gasteiger partial charge in [0.1, 0.15) is 0 Å². The van der Waals surface area contributed by atoms with Crippen molar-refractivity contribution in [2.75, 3.05) is 26.2 Å². The van der Waals surface area contributed by atoms with Crippen molar-refractivity contribution in [1.82, 2.24) is 15.5 Å². The zero-order valence-corrected chi connectivity index (χ0v) is 13.9. The van der Waals surface area contributed by atoms with Crippen LogP contribution in [0.5, 0.6) is 0 Å². The van der Waals surface area contributed by atoms with Gasteiger partial charge in [-0.3, -0.25) is 9.59 Å². The Balaban J connectivity index is 1.24. The number of nitrogens with one attached hydrogen (secondary N) is 2. The van der Waals surface area contributed by atoms with Crippen LogP contribution in [0.1, 0.15) is 44.9 Å². The number of amides is 2. The number of fused-ring (bicyclic) bond motifs is 1. The summed E-state index contributed by atoms with van der Waals surface area (Å²) in [5.41, 5.74) is 0. The van der Waals surface area contributed by atoms with E-state index in [1.165, 1.54) is 19.3 Å². The molecule has 128 valence electrons. The zero-order valence-electron chi connectivity index (χ0n) is 13.9. The van der Waals surface area contributed by atoms with Crippen molar-refractivity contribution in [2.24, 2.45) is 23.7 Å². The summed E-state index contributed by atoms with van der Waals surface area (Å²) in [6.07, 6.45) is 8.10. The van der Waals surface area contributed by atoms with Gasteiger partial charge in [-0.2, -0.15) is 0 Å². The van der Waals surface area contributed by atoms with Crippen molar-refractivity contribution < 1.29 is 9.59 Å². The fraction of sp³-hybridized carbons (Fsp3) is 0.889. The van der Waals surface area contributed by atoms with Crippen LogP contribution in [0.25, 0.3) is 0 Å². The molecule has 2 amide bonds. The first kappa shape index (κ1) is 15.4. The maximum Gasteiger partial charge on any atom is 0.237 e. The number of rotatable bonds is 4. The molecule has 0 aromatic rings. The van der Waals surface area contributed by atoms with Gasteiger partial charge in [0, 0.05) is 25.6 Å². The molecule has 0 radical (unpaired) electrons. The quantitative estimate of drug-likeness (QED) is 0.817. The molecule has 0 aromatic heterocycles. The summed E-state index contributed by atoms with van der Waals surface area (Å²) in [7, 11) is 0. The third kappa shape index (κ3) is 3.12. The minimum atomic E-state index is 0.00200. The Morgan fingerprint density at radius 2 is 1.87 bits per heavy atom. The minimum absolute atomic E-state index is 0.00200. The third-order valence-electron chi connectivity index (χ3n) is 6.46. The topological polar surface area (TPSA) is 61.4 Å². The summed E-state index contributed by atoms with van der Waals surface area (Å²) >= 11 is 0. The molecule has 5 nitrogen and oxygen atoms in total. The molecule has 4 aliphatic rings. The van der Waals surface area contributed by atoms with Gasteiger partial charge < -0.3 is 15.5 Å². The molecule has 4 fully saturated rings. The Kier molecular flexibility index (Phi) is 4.31. The van der Waals surface area contributed by atoms with Gasteiger partial charge in [-0.1, -0.05) is 6.42 Å². The van der Waals surface area contributed by atoms with E-state index in [0.717, 1.165) is 51.9 Å². The van der Waals surface area contributed by atoms with E-state index in [0.29, 0.717) is 29.6 Å². The van der Waals surface area contributed by atoms with Gasteiger partial charge in [-0.15, -0.1) is 0 Å². The summed E-state index contributed by atoms with van der Waals surface area (Å²) in [6, 6.07) is 0.00200. The van der Waals surface area contributed by atoms with Gasteiger partial charge in [0.25, 0.3) is 0 Å². The van der Waals surface area contributed by atoms with Gasteiger partial charge >= 0.3 is 0 Å².